The first kappa shape index (κ1) is 23.9. The van der Waals surface area contributed by atoms with Crippen molar-refractivity contribution in [3.8, 4) is 11.5 Å². The number of aromatic nitrogens is 2. The van der Waals surface area contributed by atoms with Crippen LogP contribution in [0.25, 0.3) is 0 Å². The van der Waals surface area contributed by atoms with Crippen molar-refractivity contribution in [2.75, 3.05) is 13.2 Å². The molecule has 0 atom stereocenters. The number of halogens is 3. The zero-order valence-corrected chi connectivity index (χ0v) is 18.4. The fourth-order valence-corrected chi connectivity index (χ4v) is 2.44. The second-order valence-corrected chi connectivity index (χ2v) is 5.63. The standard InChI is InChI=1S/C18H25F2N5O2.HI/c1-4-21-18(22-9-13-10-24-25(3)12-13)23-11-14-7-6-8-15(26-5-2)16(14)27-17(19)20;/h6-8,10,12,17H,4-5,9,11H2,1-3H3,(H2,21,22,23);1H. The molecule has 1 heterocycles. The highest BCUT2D eigenvalue weighted by Gasteiger charge is 2.16. The van der Waals surface area contributed by atoms with Crippen LogP contribution in [0.3, 0.4) is 0 Å². The first-order chi connectivity index (χ1) is 13.0. The predicted molar refractivity (Wildman–Crippen MR) is 115 cm³/mol. The van der Waals surface area contributed by atoms with Crippen molar-refractivity contribution in [3.63, 3.8) is 0 Å². The number of nitrogens with zero attached hydrogens (tertiary/aromatic N) is 3. The molecule has 0 radical (unpaired) electrons. The van der Waals surface area contributed by atoms with E-state index in [0.717, 1.165) is 5.56 Å². The normalized spacial score (nSPS) is 11.1. The van der Waals surface area contributed by atoms with E-state index in [9.17, 15) is 8.78 Å². The van der Waals surface area contributed by atoms with Gasteiger partial charge in [0.15, 0.2) is 17.5 Å². The van der Waals surface area contributed by atoms with E-state index in [1.165, 1.54) is 0 Å². The van der Waals surface area contributed by atoms with Crippen LogP contribution in [-0.4, -0.2) is 35.5 Å². The molecule has 10 heteroatoms. The highest BCUT2D eigenvalue weighted by Crippen LogP contribution is 2.32. The molecule has 2 aromatic rings. The van der Waals surface area contributed by atoms with E-state index in [2.05, 4.69) is 25.5 Å². The van der Waals surface area contributed by atoms with Gasteiger partial charge in [0.05, 0.1) is 19.3 Å². The number of nitrogens with one attached hydrogen (secondary N) is 2. The monoisotopic (exact) mass is 509 g/mol. The number of aryl methyl sites for hydroxylation is 1. The number of ether oxygens (including phenoxy) is 2. The Kier molecular flexibility index (Phi) is 10.6. The van der Waals surface area contributed by atoms with E-state index in [4.69, 9.17) is 4.74 Å². The summed E-state index contributed by atoms with van der Waals surface area (Å²) in [7, 11) is 1.84. The molecular weight excluding hydrogens is 483 g/mol. The van der Waals surface area contributed by atoms with Crippen LogP contribution >= 0.6 is 24.0 Å². The number of benzene rings is 1. The van der Waals surface area contributed by atoms with Crippen molar-refractivity contribution in [1.82, 2.24) is 20.4 Å². The molecule has 1 aromatic carbocycles. The molecule has 156 valence electrons. The van der Waals surface area contributed by atoms with Gasteiger partial charge in [0, 0.05) is 37.5 Å². The zero-order valence-electron chi connectivity index (χ0n) is 16.1. The Hall–Kier alpha value is -2.11. The van der Waals surface area contributed by atoms with Crippen LogP contribution in [0, 0.1) is 0 Å². The summed E-state index contributed by atoms with van der Waals surface area (Å²) in [4.78, 5) is 4.48. The second-order valence-electron chi connectivity index (χ2n) is 5.63. The van der Waals surface area contributed by atoms with Gasteiger partial charge in [-0.15, -0.1) is 24.0 Å². The van der Waals surface area contributed by atoms with Gasteiger partial charge in [0.1, 0.15) is 0 Å². The van der Waals surface area contributed by atoms with Crippen LogP contribution in [0.1, 0.15) is 25.0 Å². The Morgan fingerprint density at radius 2 is 2.07 bits per heavy atom. The van der Waals surface area contributed by atoms with Gasteiger partial charge in [0.2, 0.25) is 0 Å². The van der Waals surface area contributed by atoms with Crippen molar-refractivity contribution < 1.29 is 18.3 Å². The van der Waals surface area contributed by atoms with Gasteiger partial charge in [0.25, 0.3) is 0 Å². The molecule has 28 heavy (non-hydrogen) atoms. The summed E-state index contributed by atoms with van der Waals surface area (Å²) >= 11 is 0. The minimum absolute atomic E-state index is 0. The van der Waals surface area contributed by atoms with Crippen molar-refractivity contribution in [2.24, 2.45) is 12.0 Å². The second kappa shape index (κ2) is 12.4. The molecule has 2 N–H and O–H groups in total. The number of rotatable bonds is 9. The number of aliphatic imine (C=N–C) groups is 1. The SMILES string of the molecule is CCNC(=NCc1cnn(C)c1)NCc1cccc(OCC)c1OC(F)F.I. The van der Waals surface area contributed by atoms with Gasteiger partial charge >= 0.3 is 6.61 Å². The fourth-order valence-electron chi connectivity index (χ4n) is 2.44. The van der Waals surface area contributed by atoms with E-state index in [0.29, 0.717) is 31.2 Å². The molecule has 1 aromatic heterocycles. The van der Waals surface area contributed by atoms with Gasteiger partial charge in [-0.1, -0.05) is 12.1 Å². The molecule has 0 unspecified atom stereocenters. The van der Waals surface area contributed by atoms with Crippen molar-refractivity contribution in [2.45, 2.75) is 33.5 Å². The average Bonchev–Trinajstić information content (AvgIpc) is 3.04. The summed E-state index contributed by atoms with van der Waals surface area (Å²) in [5.74, 6) is 0.880. The van der Waals surface area contributed by atoms with E-state index in [1.54, 1.807) is 36.0 Å². The van der Waals surface area contributed by atoms with E-state index < -0.39 is 6.61 Å². The highest BCUT2D eigenvalue weighted by atomic mass is 127. The van der Waals surface area contributed by atoms with Gasteiger partial charge in [-0.2, -0.15) is 13.9 Å². The molecular formula is C18H26F2IN5O2. The Morgan fingerprint density at radius 3 is 2.68 bits per heavy atom. The maximum Gasteiger partial charge on any atom is 0.387 e. The first-order valence-corrected chi connectivity index (χ1v) is 8.72. The van der Waals surface area contributed by atoms with Crippen molar-refractivity contribution in [3.05, 3.63) is 41.7 Å². The third kappa shape index (κ3) is 7.49. The molecule has 0 bridgehead atoms. The number of guanidine groups is 1. The molecule has 0 fully saturated rings. The molecule has 2 rings (SSSR count). The Morgan fingerprint density at radius 1 is 1.29 bits per heavy atom. The largest absolute Gasteiger partial charge is 0.490 e. The Labute approximate surface area is 180 Å². The van der Waals surface area contributed by atoms with Crippen LogP contribution in [0.15, 0.2) is 35.6 Å². The first-order valence-electron chi connectivity index (χ1n) is 8.72. The number of alkyl halides is 2. The maximum atomic E-state index is 12.8. The molecule has 0 amide bonds. The highest BCUT2D eigenvalue weighted by molar-refractivity contribution is 14.0. The average molecular weight is 509 g/mol. The minimum atomic E-state index is -2.93. The predicted octanol–water partition coefficient (Wildman–Crippen LogP) is 3.29. The summed E-state index contributed by atoms with van der Waals surface area (Å²) < 4.78 is 37.4. The summed E-state index contributed by atoms with van der Waals surface area (Å²) in [5, 5.41) is 10.4. The lowest BCUT2D eigenvalue weighted by atomic mass is 10.2. The van der Waals surface area contributed by atoms with Crippen LogP contribution in [-0.2, 0) is 20.1 Å². The van der Waals surface area contributed by atoms with Crippen LogP contribution in [0.2, 0.25) is 0 Å². The lowest BCUT2D eigenvalue weighted by molar-refractivity contribution is -0.0520. The van der Waals surface area contributed by atoms with Crippen molar-refractivity contribution >= 4 is 29.9 Å². The number of hydrogen-bond donors (Lipinski definition) is 2. The van der Waals surface area contributed by atoms with E-state index >= 15 is 0 Å². The summed E-state index contributed by atoms with van der Waals surface area (Å²) in [6.07, 6.45) is 3.63. The van der Waals surface area contributed by atoms with Gasteiger partial charge in [-0.05, 0) is 19.9 Å². The van der Waals surface area contributed by atoms with E-state index in [-0.39, 0.29) is 42.0 Å². The molecule has 0 spiro atoms. The van der Waals surface area contributed by atoms with Crippen LogP contribution in [0.5, 0.6) is 11.5 Å². The van der Waals surface area contributed by atoms with Crippen LogP contribution < -0.4 is 20.1 Å². The van der Waals surface area contributed by atoms with Gasteiger partial charge in [-0.3, -0.25) is 4.68 Å². The molecule has 0 aliphatic carbocycles. The molecule has 7 nitrogen and oxygen atoms in total. The summed E-state index contributed by atoms with van der Waals surface area (Å²) in [5.41, 5.74) is 1.52. The fraction of sp³-hybridized carbons (Fsp3) is 0.444. The quantitative estimate of drug-likeness (QED) is 0.309. The zero-order chi connectivity index (χ0) is 19.6. The Bertz CT molecular complexity index is 755. The molecule has 0 aliphatic rings. The minimum Gasteiger partial charge on any atom is -0.490 e. The molecule has 0 saturated carbocycles. The lowest BCUT2D eigenvalue weighted by Gasteiger charge is -2.17. The van der Waals surface area contributed by atoms with Crippen molar-refractivity contribution in [1.29, 1.82) is 0 Å². The van der Waals surface area contributed by atoms with Gasteiger partial charge in [-0.25, -0.2) is 4.99 Å². The summed E-state index contributed by atoms with van der Waals surface area (Å²) in [6.45, 7) is 2.51. The number of para-hydroxylation sites is 1. The van der Waals surface area contributed by atoms with E-state index in [1.807, 2.05) is 20.2 Å². The van der Waals surface area contributed by atoms with Crippen LogP contribution in [0.4, 0.5) is 8.78 Å². The smallest absolute Gasteiger partial charge is 0.387 e. The summed E-state index contributed by atoms with van der Waals surface area (Å²) in [6, 6.07) is 5.05. The maximum absolute atomic E-state index is 12.8. The lowest BCUT2D eigenvalue weighted by Crippen LogP contribution is -2.36. The number of hydrogen-bond acceptors (Lipinski definition) is 4. The molecule has 0 saturated heterocycles. The molecule has 0 aliphatic heterocycles. The van der Waals surface area contributed by atoms with Gasteiger partial charge < -0.3 is 20.1 Å². The third-order valence-corrected chi connectivity index (χ3v) is 3.54. The topological polar surface area (TPSA) is 72.7 Å². The third-order valence-electron chi connectivity index (χ3n) is 3.54. The Balaban J connectivity index is 0.00000392.